The molecule has 1 atom stereocenters. The maximum atomic E-state index is 12.8. The summed E-state index contributed by atoms with van der Waals surface area (Å²) in [4.78, 5) is 25.1. The molecule has 0 spiro atoms. The number of hydrogen-bond acceptors (Lipinski definition) is 4. The van der Waals surface area contributed by atoms with Gasteiger partial charge < -0.3 is 9.47 Å². The second kappa shape index (κ2) is 7.70. The van der Waals surface area contributed by atoms with E-state index in [4.69, 9.17) is 30.7 Å². The Bertz CT molecular complexity index is 1020. The zero-order chi connectivity index (χ0) is 24.6. The first-order valence-corrected chi connectivity index (χ1v) is 7.76. The number of carbonyl (C=O) groups excluding carboxylic acids is 2. The Balaban J connectivity index is 2.24. The van der Waals surface area contributed by atoms with Crippen LogP contribution in [0.1, 0.15) is 53.1 Å². The molecule has 2 aromatic rings. The first-order valence-electron chi connectivity index (χ1n) is 10.9. The van der Waals surface area contributed by atoms with E-state index in [1.54, 1.807) is 0 Å². The summed E-state index contributed by atoms with van der Waals surface area (Å²) in [5.74, 6) is -1.44. The fourth-order valence-corrected chi connectivity index (χ4v) is 1.96. The van der Waals surface area contributed by atoms with Gasteiger partial charge in [0.15, 0.2) is 11.4 Å². The Morgan fingerprint density at radius 3 is 2.28 bits per heavy atom. The quantitative estimate of drug-likeness (QED) is 0.549. The van der Waals surface area contributed by atoms with Crippen LogP contribution < -0.4 is 4.74 Å². The lowest BCUT2D eigenvalue weighted by molar-refractivity contribution is -0.163. The van der Waals surface area contributed by atoms with Crippen LogP contribution in [0.15, 0.2) is 48.4 Å². The molecule has 132 valence electrons. The van der Waals surface area contributed by atoms with Crippen LogP contribution >= 0.6 is 11.6 Å². The second-order valence-electron chi connectivity index (χ2n) is 5.70. The van der Waals surface area contributed by atoms with Gasteiger partial charge in [0.1, 0.15) is 5.75 Å². The lowest BCUT2D eigenvalue weighted by Crippen LogP contribution is -2.40. The number of carbonyl (C=O) groups is 2. The van der Waals surface area contributed by atoms with E-state index in [2.05, 4.69) is 0 Å². The largest absolute Gasteiger partial charge is 0.476 e. The number of halogens is 1. The van der Waals surface area contributed by atoms with Crippen LogP contribution in [0, 0.1) is 0 Å². The van der Waals surface area contributed by atoms with Crippen molar-refractivity contribution in [3.8, 4) is 5.75 Å². The van der Waals surface area contributed by atoms with Gasteiger partial charge in [0.05, 0.1) is 11.6 Å². The van der Waals surface area contributed by atoms with Crippen LogP contribution in [0.25, 0.3) is 0 Å². The molecule has 0 N–H and O–H groups in total. The number of hydrogen-bond donors (Lipinski definition) is 0. The zero-order valence-electron chi connectivity index (χ0n) is 20.9. The SMILES string of the molecule is [2H]c1c([2H])c(C(=O)c2ccc(OC(C)(C)C(=O)OC(C)C([2H])([2H])[2H])cc2)c([2H])c([2H])c1Cl. The summed E-state index contributed by atoms with van der Waals surface area (Å²) in [7, 11) is 0. The fraction of sp³-hybridized carbons (Fsp3) is 0.300. The van der Waals surface area contributed by atoms with Crippen molar-refractivity contribution < 1.29 is 28.7 Å². The summed E-state index contributed by atoms with van der Waals surface area (Å²) < 4.78 is 63.8. The maximum absolute atomic E-state index is 12.8. The molecule has 0 aliphatic rings. The molecule has 0 bridgehead atoms. The number of benzene rings is 2. The summed E-state index contributed by atoms with van der Waals surface area (Å²) >= 11 is 5.76. The van der Waals surface area contributed by atoms with Gasteiger partial charge in [0.25, 0.3) is 0 Å². The first-order chi connectivity index (χ1) is 14.6. The molecule has 2 rings (SSSR count). The smallest absolute Gasteiger partial charge is 0.350 e. The third kappa shape index (κ3) is 5.07. The van der Waals surface area contributed by atoms with Crippen molar-refractivity contribution in [1.29, 1.82) is 0 Å². The van der Waals surface area contributed by atoms with Gasteiger partial charge in [0.2, 0.25) is 0 Å². The molecule has 0 radical (unpaired) electrons. The minimum absolute atomic E-state index is 0.0666. The van der Waals surface area contributed by atoms with E-state index in [-0.39, 0.29) is 16.3 Å². The number of ether oxygens (including phenoxy) is 2. The molecule has 0 aliphatic heterocycles. The van der Waals surface area contributed by atoms with Gasteiger partial charge in [-0.2, -0.15) is 0 Å². The van der Waals surface area contributed by atoms with E-state index in [1.165, 1.54) is 45.0 Å². The summed E-state index contributed by atoms with van der Waals surface area (Å²) in [5.41, 5.74) is -1.87. The summed E-state index contributed by atoms with van der Waals surface area (Å²) in [6.07, 6.45) is -1.32. The molecule has 0 saturated carbocycles. The predicted molar refractivity (Wildman–Crippen MR) is 97.3 cm³/mol. The second-order valence-corrected chi connectivity index (χ2v) is 6.08. The minimum Gasteiger partial charge on any atom is -0.476 e. The molecule has 0 aromatic heterocycles. The van der Waals surface area contributed by atoms with Gasteiger partial charge in [-0.25, -0.2) is 4.79 Å². The zero-order valence-corrected chi connectivity index (χ0v) is 14.7. The molecule has 0 aliphatic carbocycles. The third-order valence-electron chi connectivity index (χ3n) is 3.09. The van der Waals surface area contributed by atoms with Crippen LogP contribution in [-0.2, 0) is 9.53 Å². The Morgan fingerprint density at radius 2 is 1.72 bits per heavy atom. The van der Waals surface area contributed by atoms with Crippen LogP contribution in [0.4, 0.5) is 0 Å². The average molecular weight is 368 g/mol. The monoisotopic (exact) mass is 367 g/mol. The standard InChI is InChI=1S/C20H21ClO4/c1-13(2)24-19(23)20(3,4)25-17-11-7-15(8-12-17)18(22)14-5-9-16(21)10-6-14/h5-13H,1-4H3/i1D3,5D,6D,9D,10D. The van der Waals surface area contributed by atoms with E-state index in [0.717, 1.165) is 0 Å². The Kier molecular flexibility index (Phi) is 3.49. The van der Waals surface area contributed by atoms with Gasteiger partial charge in [-0.1, -0.05) is 11.6 Å². The molecule has 0 heterocycles. The molecule has 4 nitrogen and oxygen atoms in total. The van der Waals surface area contributed by atoms with Crippen LogP contribution in [0.3, 0.4) is 0 Å². The molecule has 1 unspecified atom stereocenters. The normalized spacial score (nSPS) is 16.9. The molecule has 0 amide bonds. The van der Waals surface area contributed by atoms with Crippen molar-refractivity contribution in [3.05, 3.63) is 64.6 Å². The minimum atomic E-state index is -2.47. The van der Waals surface area contributed by atoms with E-state index < -0.39 is 60.0 Å². The first kappa shape index (κ1) is 11.3. The highest BCUT2D eigenvalue weighted by Gasteiger charge is 2.32. The van der Waals surface area contributed by atoms with Gasteiger partial charge in [-0.3, -0.25) is 4.79 Å². The lowest BCUT2D eigenvalue weighted by Gasteiger charge is -2.25. The highest BCUT2D eigenvalue weighted by Crippen LogP contribution is 2.22. The van der Waals surface area contributed by atoms with Crippen LogP contribution in [0.5, 0.6) is 5.75 Å². The molecular formula is C20H21ClO4. The van der Waals surface area contributed by atoms with Crippen molar-refractivity contribution in [2.45, 2.75) is 39.3 Å². The van der Waals surface area contributed by atoms with Gasteiger partial charge in [0, 0.05) is 20.3 Å². The van der Waals surface area contributed by atoms with E-state index in [1.807, 2.05) is 0 Å². The summed E-state index contributed by atoms with van der Waals surface area (Å²) in [5, 5.41) is -0.373. The molecule has 0 saturated heterocycles. The molecule has 0 fully saturated rings. The van der Waals surface area contributed by atoms with Crippen molar-refractivity contribution >= 4 is 23.4 Å². The van der Waals surface area contributed by atoms with Gasteiger partial charge >= 0.3 is 5.97 Å². The Labute approximate surface area is 162 Å². The number of rotatable bonds is 6. The highest BCUT2D eigenvalue weighted by molar-refractivity contribution is 6.30. The van der Waals surface area contributed by atoms with E-state index in [0.29, 0.717) is 0 Å². The molecule has 2 aromatic carbocycles. The maximum Gasteiger partial charge on any atom is 0.350 e. The third-order valence-corrected chi connectivity index (χ3v) is 3.28. The molecular weight excluding hydrogens is 340 g/mol. The van der Waals surface area contributed by atoms with Crippen molar-refractivity contribution in [3.63, 3.8) is 0 Å². The van der Waals surface area contributed by atoms with Crippen molar-refractivity contribution in [1.82, 2.24) is 0 Å². The highest BCUT2D eigenvalue weighted by atomic mass is 35.5. The Morgan fingerprint density at radius 1 is 1.12 bits per heavy atom. The van der Waals surface area contributed by atoms with Crippen LogP contribution in [0.2, 0.25) is 5.02 Å². The van der Waals surface area contributed by atoms with Gasteiger partial charge in [-0.15, -0.1) is 0 Å². The Hall–Kier alpha value is -2.33. The van der Waals surface area contributed by atoms with E-state index >= 15 is 0 Å². The van der Waals surface area contributed by atoms with Crippen LogP contribution in [-0.4, -0.2) is 23.5 Å². The lowest BCUT2D eigenvalue weighted by atomic mass is 10.0. The predicted octanol–water partition coefficient (Wildman–Crippen LogP) is 4.68. The summed E-state index contributed by atoms with van der Waals surface area (Å²) in [6, 6.07) is 3.31. The molecule has 25 heavy (non-hydrogen) atoms. The van der Waals surface area contributed by atoms with Gasteiger partial charge in [-0.05, 0) is 76.1 Å². The average Bonchev–Trinajstić information content (AvgIpc) is 2.70. The van der Waals surface area contributed by atoms with Crippen molar-refractivity contribution in [2.75, 3.05) is 0 Å². The number of esters is 1. The van der Waals surface area contributed by atoms with E-state index in [9.17, 15) is 9.59 Å². The summed E-state index contributed by atoms with van der Waals surface area (Å²) in [6.45, 7) is 1.59. The van der Waals surface area contributed by atoms with Crippen molar-refractivity contribution in [2.24, 2.45) is 0 Å². The fourth-order valence-electron chi connectivity index (χ4n) is 1.87. The topological polar surface area (TPSA) is 52.6 Å². The molecule has 5 heteroatoms. The number of ketones is 1.